The van der Waals surface area contributed by atoms with E-state index in [1.807, 2.05) is 16.7 Å². The summed E-state index contributed by atoms with van der Waals surface area (Å²) in [6.45, 7) is 0.980. The average Bonchev–Trinajstić information content (AvgIpc) is 3.18. The Bertz CT molecular complexity index is 1040. The summed E-state index contributed by atoms with van der Waals surface area (Å²) >= 11 is 10.5. The number of hydrogen-bond donors (Lipinski definition) is 2. The molecule has 11 heteroatoms. The van der Waals surface area contributed by atoms with Crippen LogP contribution in [0.4, 0.5) is 0 Å². The molecule has 0 atom stereocenters. The van der Waals surface area contributed by atoms with Crippen molar-refractivity contribution in [3.05, 3.63) is 63.6 Å². The number of thioether (sulfide) groups is 1. The van der Waals surface area contributed by atoms with Crippen molar-refractivity contribution >= 4 is 51.1 Å². The van der Waals surface area contributed by atoms with E-state index in [9.17, 15) is 9.59 Å². The van der Waals surface area contributed by atoms with Gasteiger partial charge in [-0.05, 0) is 48.5 Å². The van der Waals surface area contributed by atoms with E-state index in [0.29, 0.717) is 34.7 Å². The molecule has 162 valence electrons. The van der Waals surface area contributed by atoms with Gasteiger partial charge in [0.25, 0.3) is 5.91 Å². The minimum absolute atomic E-state index is 0.0480. The van der Waals surface area contributed by atoms with Gasteiger partial charge in [-0.2, -0.15) is 0 Å². The predicted octanol–water partition coefficient (Wildman–Crippen LogP) is 3.56. The molecule has 31 heavy (non-hydrogen) atoms. The Hall–Kier alpha value is -2.40. The van der Waals surface area contributed by atoms with E-state index in [2.05, 4.69) is 37.0 Å². The normalized spacial score (nSPS) is 10.7. The number of carbonyl (C=O) groups is 2. The quantitative estimate of drug-likeness (QED) is 0.345. The van der Waals surface area contributed by atoms with E-state index in [-0.39, 0.29) is 11.7 Å². The molecule has 0 aliphatic heterocycles. The number of rotatable bonds is 8. The van der Waals surface area contributed by atoms with Gasteiger partial charge < -0.3 is 4.74 Å². The van der Waals surface area contributed by atoms with Crippen molar-refractivity contribution in [2.45, 2.75) is 11.7 Å². The molecular formula is C20H19BrClN5O3S. The minimum Gasteiger partial charge on any atom is -0.383 e. The van der Waals surface area contributed by atoms with Crippen LogP contribution >= 0.6 is 39.3 Å². The number of ether oxygens (including phenoxy) is 1. The maximum absolute atomic E-state index is 12.2. The first-order valence-corrected chi connectivity index (χ1v) is 11.3. The van der Waals surface area contributed by atoms with Crippen molar-refractivity contribution in [2.75, 3.05) is 19.5 Å². The van der Waals surface area contributed by atoms with Crippen LogP contribution in [0.2, 0.25) is 5.02 Å². The number of benzene rings is 2. The SMILES string of the molecule is COCCn1c(SCC(=O)NNC(=O)c2ccc(Br)cc2)nnc1-c1ccc(Cl)cc1. The van der Waals surface area contributed by atoms with Crippen molar-refractivity contribution in [2.24, 2.45) is 0 Å². The van der Waals surface area contributed by atoms with Crippen LogP contribution in [0.15, 0.2) is 58.2 Å². The molecule has 0 fully saturated rings. The molecule has 0 spiro atoms. The molecule has 3 aromatic rings. The highest BCUT2D eigenvalue weighted by atomic mass is 79.9. The number of hydrazine groups is 1. The van der Waals surface area contributed by atoms with Gasteiger partial charge in [0.05, 0.1) is 18.9 Å². The second-order valence-corrected chi connectivity index (χ2v) is 8.55. The molecule has 0 aliphatic rings. The molecule has 1 aromatic heterocycles. The molecule has 3 rings (SSSR count). The molecule has 2 amide bonds. The topological polar surface area (TPSA) is 98.1 Å². The van der Waals surface area contributed by atoms with Crippen molar-refractivity contribution in [3.63, 3.8) is 0 Å². The van der Waals surface area contributed by atoms with Crippen LogP contribution in [0.1, 0.15) is 10.4 Å². The van der Waals surface area contributed by atoms with Gasteiger partial charge in [0.2, 0.25) is 5.91 Å². The van der Waals surface area contributed by atoms with Gasteiger partial charge >= 0.3 is 0 Å². The number of amides is 2. The lowest BCUT2D eigenvalue weighted by Crippen LogP contribution is -2.42. The van der Waals surface area contributed by atoms with Gasteiger partial charge in [-0.15, -0.1) is 10.2 Å². The van der Waals surface area contributed by atoms with Crippen LogP contribution in [-0.4, -0.2) is 46.0 Å². The van der Waals surface area contributed by atoms with Crippen LogP contribution in [0.25, 0.3) is 11.4 Å². The van der Waals surface area contributed by atoms with E-state index in [4.69, 9.17) is 16.3 Å². The molecule has 0 bridgehead atoms. The zero-order valence-electron chi connectivity index (χ0n) is 16.5. The predicted molar refractivity (Wildman–Crippen MR) is 123 cm³/mol. The monoisotopic (exact) mass is 523 g/mol. The summed E-state index contributed by atoms with van der Waals surface area (Å²) in [5.74, 6) is -0.0732. The Morgan fingerprint density at radius 1 is 1.10 bits per heavy atom. The summed E-state index contributed by atoms with van der Waals surface area (Å²) in [7, 11) is 1.61. The number of halogens is 2. The standard InChI is InChI=1S/C20H19BrClN5O3S/c1-30-11-10-27-18(13-4-8-16(22)9-5-13)24-26-20(27)31-12-17(28)23-25-19(29)14-2-6-15(21)7-3-14/h2-9H,10-12H2,1H3,(H,23,28)(H,25,29). The third-order valence-electron chi connectivity index (χ3n) is 4.09. The lowest BCUT2D eigenvalue weighted by atomic mass is 10.2. The van der Waals surface area contributed by atoms with Gasteiger partial charge in [0.1, 0.15) is 0 Å². The van der Waals surface area contributed by atoms with Gasteiger partial charge in [-0.3, -0.25) is 25.0 Å². The van der Waals surface area contributed by atoms with Crippen molar-refractivity contribution < 1.29 is 14.3 Å². The van der Waals surface area contributed by atoms with Gasteiger partial charge in [-0.1, -0.05) is 39.3 Å². The lowest BCUT2D eigenvalue weighted by molar-refractivity contribution is -0.119. The van der Waals surface area contributed by atoms with Gasteiger partial charge in [-0.25, -0.2) is 0 Å². The summed E-state index contributed by atoms with van der Waals surface area (Å²) in [4.78, 5) is 24.3. The molecule has 0 saturated heterocycles. The second-order valence-electron chi connectivity index (χ2n) is 6.26. The Morgan fingerprint density at radius 3 is 2.48 bits per heavy atom. The number of carbonyl (C=O) groups excluding carboxylic acids is 2. The van der Waals surface area contributed by atoms with Crippen LogP contribution in [-0.2, 0) is 16.1 Å². The Balaban J connectivity index is 1.61. The lowest BCUT2D eigenvalue weighted by Gasteiger charge is -2.10. The Labute approximate surface area is 196 Å². The zero-order valence-corrected chi connectivity index (χ0v) is 19.6. The first-order chi connectivity index (χ1) is 15.0. The van der Waals surface area contributed by atoms with E-state index in [1.54, 1.807) is 43.5 Å². The van der Waals surface area contributed by atoms with E-state index in [1.165, 1.54) is 11.8 Å². The largest absolute Gasteiger partial charge is 0.383 e. The van der Waals surface area contributed by atoms with Crippen LogP contribution < -0.4 is 10.9 Å². The van der Waals surface area contributed by atoms with E-state index < -0.39 is 5.91 Å². The van der Waals surface area contributed by atoms with Crippen LogP contribution in [0.3, 0.4) is 0 Å². The molecule has 0 radical (unpaired) electrons. The highest BCUT2D eigenvalue weighted by Crippen LogP contribution is 2.25. The molecule has 0 unspecified atom stereocenters. The smallest absolute Gasteiger partial charge is 0.269 e. The highest BCUT2D eigenvalue weighted by Gasteiger charge is 2.16. The molecular weight excluding hydrogens is 506 g/mol. The molecule has 0 saturated carbocycles. The van der Waals surface area contributed by atoms with E-state index >= 15 is 0 Å². The van der Waals surface area contributed by atoms with Crippen molar-refractivity contribution in [3.8, 4) is 11.4 Å². The molecule has 8 nitrogen and oxygen atoms in total. The molecule has 1 heterocycles. The maximum atomic E-state index is 12.2. The summed E-state index contributed by atoms with van der Waals surface area (Å²) in [6.07, 6.45) is 0. The summed E-state index contributed by atoms with van der Waals surface area (Å²) in [5, 5.41) is 9.66. The fourth-order valence-corrected chi connectivity index (χ4v) is 3.71. The van der Waals surface area contributed by atoms with Gasteiger partial charge in [0.15, 0.2) is 11.0 Å². The number of methoxy groups -OCH3 is 1. The van der Waals surface area contributed by atoms with Crippen molar-refractivity contribution in [1.82, 2.24) is 25.6 Å². The third-order valence-corrected chi connectivity index (χ3v) is 5.84. The third kappa shape index (κ3) is 6.54. The van der Waals surface area contributed by atoms with E-state index in [0.717, 1.165) is 10.0 Å². The highest BCUT2D eigenvalue weighted by molar-refractivity contribution is 9.10. The summed E-state index contributed by atoms with van der Waals surface area (Å²) in [5.41, 5.74) is 6.09. The fourth-order valence-electron chi connectivity index (χ4n) is 2.56. The number of aromatic nitrogens is 3. The number of nitrogens with one attached hydrogen (secondary N) is 2. The summed E-state index contributed by atoms with van der Waals surface area (Å²) < 4.78 is 7.92. The first-order valence-electron chi connectivity index (χ1n) is 9.13. The molecule has 2 N–H and O–H groups in total. The minimum atomic E-state index is -0.404. The Morgan fingerprint density at radius 2 is 1.81 bits per heavy atom. The molecule has 0 aliphatic carbocycles. The average molecular weight is 525 g/mol. The van der Waals surface area contributed by atoms with Crippen LogP contribution in [0.5, 0.6) is 0 Å². The van der Waals surface area contributed by atoms with Crippen molar-refractivity contribution in [1.29, 1.82) is 0 Å². The maximum Gasteiger partial charge on any atom is 0.269 e. The fraction of sp³-hybridized carbons (Fsp3) is 0.200. The van der Waals surface area contributed by atoms with Crippen LogP contribution in [0, 0.1) is 0 Å². The first kappa shape index (κ1) is 23.3. The summed E-state index contributed by atoms with van der Waals surface area (Å²) in [6, 6.07) is 14.1. The number of hydrogen-bond acceptors (Lipinski definition) is 6. The Kier molecular flexibility index (Phi) is 8.47. The zero-order chi connectivity index (χ0) is 22.2. The van der Waals surface area contributed by atoms with Gasteiger partial charge in [0, 0.05) is 27.7 Å². The molecule has 2 aromatic carbocycles. The second kappa shape index (κ2) is 11.3. The number of nitrogens with zero attached hydrogens (tertiary/aromatic N) is 3.